The first-order chi connectivity index (χ1) is 16.3. The Kier molecular flexibility index (Phi) is 6.96. The first-order valence-corrected chi connectivity index (χ1v) is 12.7. The second kappa shape index (κ2) is 9.76. The highest BCUT2D eigenvalue weighted by Gasteiger charge is 2.54. The molecule has 3 N–H and O–H groups in total. The predicted molar refractivity (Wildman–Crippen MR) is 126 cm³/mol. The number of rotatable bonds is 9. The summed E-state index contributed by atoms with van der Waals surface area (Å²) in [5.41, 5.74) is 6.35. The van der Waals surface area contributed by atoms with E-state index in [1.54, 1.807) is 5.38 Å². The topological polar surface area (TPSA) is 150 Å². The van der Waals surface area contributed by atoms with Crippen LogP contribution in [0, 0.1) is 0 Å². The molecule has 0 aromatic carbocycles. The molecule has 0 saturated carbocycles. The van der Waals surface area contributed by atoms with Crippen molar-refractivity contribution in [1.29, 1.82) is 0 Å². The smallest absolute Gasteiger partial charge is 0.276 e. The number of carbonyl (C=O) groups is 3. The lowest BCUT2D eigenvalue weighted by Crippen LogP contribution is -2.72. The predicted octanol–water partition coefficient (Wildman–Crippen LogP) is -0.724. The number of carboxylic acid groups (broad SMARTS) is 1. The van der Waals surface area contributed by atoms with E-state index in [1.165, 1.54) is 23.8 Å². The minimum absolute atomic E-state index is 0.0780. The Morgan fingerprint density at radius 3 is 2.79 bits per heavy atom. The minimum Gasteiger partial charge on any atom is -0.543 e. The quantitative estimate of drug-likeness (QED) is 0.146. The third-order valence-electron chi connectivity index (χ3n) is 6.25. The molecule has 1 aromatic heterocycles. The van der Waals surface area contributed by atoms with Crippen LogP contribution in [0.5, 0.6) is 0 Å². The first-order valence-electron chi connectivity index (χ1n) is 10.8. The number of hydrogen-bond acceptors (Lipinski definition) is 10. The molecule has 13 heteroatoms. The fourth-order valence-electron chi connectivity index (χ4n) is 4.79. The average Bonchev–Trinajstić information content (AvgIpc) is 3.44. The normalized spacial score (nSPS) is 23.9. The zero-order valence-electron chi connectivity index (χ0n) is 18.7. The third-order valence-corrected chi connectivity index (χ3v) is 8.26. The number of likely N-dealkylation sites (tertiary alicyclic amines) is 1. The molecule has 0 spiro atoms. The number of nitrogens with two attached hydrogens (primary N) is 1. The number of anilines is 1. The van der Waals surface area contributed by atoms with E-state index in [4.69, 9.17) is 10.6 Å². The van der Waals surface area contributed by atoms with Crippen LogP contribution in [0.1, 0.15) is 18.5 Å². The van der Waals surface area contributed by atoms with Gasteiger partial charge in [-0.25, -0.2) is 4.98 Å². The molecule has 0 aliphatic carbocycles. The van der Waals surface area contributed by atoms with Gasteiger partial charge in [0, 0.05) is 29.5 Å². The Morgan fingerprint density at radius 2 is 2.21 bits per heavy atom. The molecular formula is C21H26N6O5S2. The molecule has 1 unspecified atom stereocenters. The van der Waals surface area contributed by atoms with Gasteiger partial charge < -0.3 is 30.3 Å². The van der Waals surface area contributed by atoms with E-state index in [1.807, 2.05) is 6.08 Å². The van der Waals surface area contributed by atoms with Crippen LogP contribution in [-0.2, 0) is 19.2 Å². The number of nitrogen functional groups attached to an aromatic ring is 1. The zero-order chi connectivity index (χ0) is 24.5. The molecule has 4 rings (SSSR count). The van der Waals surface area contributed by atoms with Gasteiger partial charge in [-0.3, -0.25) is 14.5 Å². The molecular weight excluding hydrogens is 480 g/mol. The average molecular weight is 507 g/mol. The third kappa shape index (κ3) is 4.42. The van der Waals surface area contributed by atoms with Gasteiger partial charge in [0.15, 0.2) is 10.8 Å². The maximum Gasteiger partial charge on any atom is 0.276 e. The highest BCUT2D eigenvalue weighted by atomic mass is 32.2. The van der Waals surface area contributed by atoms with Gasteiger partial charge >= 0.3 is 0 Å². The van der Waals surface area contributed by atoms with Crippen LogP contribution < -0.4 is 16.2 Å². The Bertz CT molecular complexity index is 1080. The number of thiazole rings is 1. The summed E-state index contributed by atoms with van der Waals surface area (Å²) in [4.78, 5) is 48.0. The van der Waals surface area contributed by atoms with Crippen LogP contribution in [0.3, 0.4) is 0 Å². The molecule has 0 bridgehead atoms. The summed E-state index contributed by atoms with van der Waals surface area (Å²) >= 11 is 2.56. The zero-order valence-corrected chi connectivity index (χ0v) is 20.3. The first kappa shape index (κ1) is 24.2. The van der Waals surface area contributed by atoms with Crippen molar-refractivity contribution in [3.8, 4) is 0 Å². The van der Waals surface area contributed by atoms with Crippen LogP contribution in [0.25, 0.3) is 0 Å². The van der Waals surface area contributed by atoms with Crippen LogP contribution in [0.4, 0.5) is 5.13 Å². The highest BCUT2D eigenvalue weighted by Crippen LogP contribution is 2.41. The molecule has 182 valence electrons. The molecule has 0 radical (unpaired) electrons. The highest BCUT2D eigenvalue weighted by molar-refractivity contribution is 8.00. The van der Waals surface area contributed by atoms with Crippen LogP contribution in [0.2, 0.25) is 0 Å². The Morgan fingerprint density at radius 1 is 1.47 bits per heavy atom. The minimum atomic E-state index is -1.38. The van der Waals surface area contributed by atoms with Crippen molar-refractivity contribution >= 4 is 51.7 Å². The van der Waals surface area contributed by atoms with Gasteiger partial charge in [-0.1, -0.05) is 11.7 Å². The molecule has 4 heterocycles. The van der Waals surface area contributed by atoms with E-state index in [2.05, 4.69) is 22.0 Å². The fourth-order valence-corrected chi connectivity index (χ4v) is 6.67. The lowest BCUT2D eigenvalue weighted by atomic mass is 10.0. The molecule has 2 atom stereocenters. The van der Waals surface area contributed by atoms with Gasteiger partial charge in [-0.2, -0.15) is 0 Å². The second-order valence-corrected chi connectivity index (χ2v) is 10.4. The maximum atomic E-state index is 13.0. The van der Waals surface area contributed by atoms with Gasteiger partial charge in [0.25, 0.3) is 11.8 Å². The Hall–Kier alpha value is -2.90. The van der Waals surface area contributed by atoms with E-state index in [0.717, 1.165) is 48.3 Å². The number of carbonyl (C=O) groups excluding carboxylic acids is 3. The fraction of sp³-hybridized carbons (Fsp3) is 0.476. The second-order valence-electron chi connectivity index (χ2n) is 8.42. The van der Waals surface area contributed by atoms with Gasteiger partial charge in [-0.05, 0) is 6.08 Å². The number of oxime groups is 1. The summed E-state index contributed by atoms with van der Waals surface area (Å²) < 4.78 is 0.733. The standard InChI is InChI=1S/C21H26N6O5S2/c1-3-6-27(7-4-5-8-27)9-12-10-33-19-15(18(29)26(19)16(12)20(30)31)24-17(28)14(25-32-2)13-11-34-21(22)23-13/h3,11,15,19H,1,4-10H2,2H3,(H3-,22,23,24,28,30,31)/b25-14-/t15?,19-/m0/s1. The van der Waals surface area contributed by atoms with Gasteiger partial charge in [0.05, 0.1) is 31.3 Å². The van der Waals surface area contributed by atoms with E-state index in [0.29, 0.717) is 17.9 Å². The number of nitrogens with one attached hydrogen (secondary N) is 1. The molecule has 2 saturated heterocycles. The van der Waals surface area contributed by atoms with Crippen molar-refractivity contribution in [2.75, 3.05) is 44.8 Å². The molecule has 3 aliphatic rings. The number of β-lactam (4-membered cyclic amide) rings is 1. The van der Waals surface area contributed by atoms with Crippen molar-refractivity contribution in [2.24, 2.45) is 5.16 Å². The van der Waals surface area contributed by atoms with E-state index >= 15 is 0 Å². The molecule has 34 heavy (non-hydrogen) atoms. The van der Waals surface area contributed by atoms with Crippen LogP contribution in [-0.4, -0.2) is 88.3 Å². The summed E-state index contributed by atoms with van der Waals surface area (Å²) in [6.45, 7) is 7.02. The van der Waals surface area contributed by atoms with Crippen LogP contribution >= 0.6 is 23.1 Å². The molecule has 2 amide bonds. The summed E-state index contributed by atoms with van der Waals surface area (Å²) in [7, 11) is 1.29. The number of thioether (sulfide) groups is 1. The van der Waals surface area contributed by atoms with E-state index in [9.17, 15) is 19.5 Å². The molecule has 2 fully saturated rings. The van der Waals surface area contributed by atoms with Crippen molar-refractivity contribution in [2.45, 2.75) is 24.3 Å². The van der Waals surface area contributed by atoms with Crippen molar-refractivity contribution in [1.82, 2.24) is 15.2 Å². The number of aromatic nitrogens is 1. The van der Waals surface area contributed by atoms with Gasteiger partial charge in [0.2, 0.25) is 0 Å². The number of aliphatic carboxylic acids is 1. The van der Waals surface area contributed by atoms with Crippen molar-refractivity contribution in [3.05, 3.63) is 35.0 Å². The number of fused-ring (bicyclic) bond motifs is 1. The van der Waals surface area contributed by atoms with E-state index < -0.39 is 29.2 Å². The lowest BCUT2D eigenvalue weighted by Gasteiger charge is -2.51. The maximum absolute atomic E-state index is 13.0. The van der Waals surface area contributed by atoms with Gasteiger partial charge in [0.1, 0.15) is 30.8 Å². The van der Waals surface area contributed by atoms with E-state index in [-0.39, 0.29) is 22.2 Å². The van der Waals surface area contributed by atoms with Gasteiger partial charge in [-0.15, -0.1) is 23.1 Å². The monoisotopic (exact) mass is 506 g/mol. The summed E-state index contributed by atoms with van der Waals surface area (Å²) in [6.07, 6.45) is 4.01. The number of hydrogen-bond donors (Lipinski definition) is 2. The van der Waals surface area contributed by atoms with Crippen LogP contribution in [0.15, 0.2) is 34.5 Å². The number of carboxylic acids is 1. The van der Waals surface area contributed by atoms with Crippen molar-refractivity contribution in [3.63, 3.8) is 0 Å². The number of amides is 2. The summed E-state index contributed by atoms with van der Waals surface area (Å²) in [5, 5.41) is 19.7. The number of quaternary nitrogens is 1. The largest absolute Gasteiger partial charge is 0.543 e. The lowest BCUT2D eigenvalue weighted by molar-refractivity contribution is -0.906. The molecule has 1 aromatic rings. The Balaban J connectivity index is 1.53. The van der Waals surface area contributed by atoms with Crippen molar-refractivity contribution < 1.29 is 28.8 Å². The molecule has 3 aliphatic heterocycles. The Labute approximate surface area is 204 Å². The number of nitrogens with zero attached hydrogens (tertiary/aromatic N) is 4. The summed E-state index contributed by atoms with van der Waals surface area (Å²) in [5.74, 6) is -2.12. The SMILES string of the molecule is C=CC[N+]1(CC2=C(C(=O)[O-])N3C(=O)C(NC(=O)/C(=N\OC)c4csc(N)n4)[C@@H]3SC2)CCCC1. The summed E-state index contributed by atoms with van der Waals surface area (Å²) in [6, 6.07) is -0.908. The molecule has 11 nitrogen and oxygen atoms in total.